The number of piperidine rings is 1. The summed E-state index contributed by atoms with van der Waals surface area (Å²) in [5.74, 6) is 0.344. The average Bonchev–Trinajstić information content (AvgIpc) is 3.24. The van der Waals surface area contributed by atoms with Crippen LogP contribution >= 0.6 is 0 Å². The summed E-state index contributed by atoms with van der Waals surface area (Å²) in [6, 6.07) is 21.3. The number of hydrogen-bond acceptors (Lipinski definition) is 5. The zero-order valence-corrected chi connectivity index (χ0v) is 17.1. The van der Waals surface area contributed by atoms with E-state index in [0.717, 1.165) is 48.2 Å². The number of pyridine rings is 1. The predicted octanol–water partition coefficient (Wildman–Crippen LogP) is 3.60. The molecule has 5 rings (SSSR count). The molecule has 7 heteroatoms. The van der Waals surface area contributed by atoms with Gasteiger partial charge in [0.25, 0.3) is 5.91 Å². The highest BCUT2D eigenvalue weighted by atomic mass is 16.1. The van der Waals surface area contributed by atoms with E-state index >= 15 is 0 Å². The molecular weight excluding hydrogens is 388 g/mol. The quantitative estimate of drug-likeness (QED) is 0.535. The molecule has 1 aliphatic rings. The number of rotatable bonds is 4. The fourth-order valence-corrected chi connectivity index (χ4v) is 4.09. The maximum absolute atomic E-state index is 13.1. The monoisotopic (exact) mass is 412 g/mol. The summed E-state index contributed by atoms with van der Waals surface area (Å²) >= 11 is 0. The number of aromatic nitrogens is 3. The van der Waals surface area contributed by atoms with Gasteiger partial charge in [0.1, 0.15) is 5.69 Å². The number of carbonyl (C=O) groups excluding carboxylic acids is 1. The van der Waals surface area contributed by atoms with E-state index in [4.69, 9.17) is 5.73 Å². The van der Waals surface area contributed by atoms with Crippen LogP contribution in [0.3, 0.4) is 0 Å². The predicted molar refractivity (Wildman–Crippen MR) is 123 cm³/mol. The summed E-state index contributed by atoms with van der Waals surface area (Å²) < 4.78 is 1.75. The number of nitrogens with one attached hydrogen (secondary N) is 1. The van der Waals surface area contributed by atoms with Gasteiger partial charge in [-0.25, -0.2) is 9.67 Å². The second-order valence-electron chi connectivity index (χ2n) is 7.82. The molecule has 156 valence electrons. The van der Waals surface area contributed by atoms with Crippen LogP contribution in [0.25, 0.3) is 16.7 Å². The summed E-state index contributed by atoms with van der Waals surface area (Å²) in [6.45, 7) is 1.72. The smallest absolute Gasteiger partial charge is 0.274 e. The lowest BCUT2D eigenvalue weighted by atomic mass is 10.1. The van der Waals surface area contributed by atoms with Crippen molar-refractivity contribution in [2.24, 2.45) is 5.73 Å². The van der Waals surface area contributed by atoms with E-state index in [9.17, 15) is 4.79 Å². The van der Waals surface area contributed by atoms with Crippen molar-refractivity contribution in [3.05, 3.63) is 78.6 Å². The Balaban J connectivity index is 1.42. The standard InChI is InChI=1S/C24H24N6O/c25-18-8-6-14-29(16-18)22-12-4-2-9-19(22)28-24(31)20-10-5-13-23(27-20)30-21-11-3-1-7-17(21)15-26-30/h1-5,7,9-13,15,18H,6,8,14,16,25H2,(H,28,31)/t18-/m0/s1. The van der Waals surface area contributed by atoms with Crippen molar-refractivity contribution in [2.75, 3.05) is 23.3 Å². The molecule has 1 fully saturated rings. The minimum atomic E-state index is -0.257. The first kappa shape index (κ1) is 19.3. The fraction of sp³-hybridized carbons (Fsp3) is 0.208. The molecule has 31 heavy (non-hydrogen) atoms. The molecule has 1 amide bonds. The van der Waals surface area contributed by atoms with Gasteiger partial charge in [-0.3, -0.25) is 4.79 Å². The average molecular weight is 412 g/mol. The second-order valence-corrected chi connectivity index (χ2v) is 7.82. The van der Waals surface area contributed by atoms with Gasteiger partial charge < -0.3 is 16.0 Å². The van der Waals surface area contributed by atoms with Crippen LogP contribution in [0.1, 0.15) is 23.3 Å². The van der Waals surface area contributed by atoms with Crippen LogP contribution in [-0.2, 0) is 0 Å². The number of para-hydroxylation sites is 3. The molecule has 0 radical (unpaired) electrons. The summed E-state index contributed by atoms with van der Waals surface area (Å²) in [5.41, 5.74) is 9.19. The molecule has 0 unspecified atom stereocenters. The van der Waals surface area contributed by atoms with Crippen molar-refractivity contribution < 1.29 is 4.79 Å². The molecule has 7 nitrogen and oxygen atoms in total. The fourth-order valence-electron chi connectivity index (χ4n) is 4.09. The zero-order chi connectivity index (χ0) is 21.2. The topological polar surface area (TPSA) is 89.1 Å². The molecule has 2 aromatic heterocycles. The number of fused-ring (bicyclic) bond motifs is 1. The van der Waals surface area contributed by atoms with Crippen LogP contribution < -0.4 is 16.0 Å². The highest BCUT2D eigenvalue weighted by Gasteiger charge is 2.20. The Bertz CT molecular complexity index is 1230. The lowest BCUT2D eigenvalue weighted by Gasteiger charge is -2.33. The maximum atomic E-state index is 13.1. The van der Waals surface area contributed by atoms with Gasteiger partial charge in [0.05, 0.1) is 23.1 Å². The van der Waals surface area contributed by atoms with Crippen LogP contribution in [0.15, 0.2) is 72.9 Å². The summed E-state index contributed by atoms with van der Waals surface area (Å²) in [7, 11) is 0. The normalized spacial score (nSPS) is 16.4. The lowest BCUT2D eigenvalue weighted by molar-refractivity contribution is 0.102. The first-order chi connectivity index (χ1) is 15.2. The Kier molecular flexibility index (Phi) is 5.09. The van der Waals surface area contributed by atoms with Crippen molar-refractivity contribution in [1.29, 1.82) is 0 Å². The highest BCUT2D eigenvalue weighted by molar-refractivity contribution is 6.04. The van der Waals surface area contributed by atoms with E-state index in [2.05, 4.69) is 20.3 Å². The molecule has 3 heterocycles. The van der Waals surface area contributed by atoms with Crippen LogP contribution in [0, 0.1) is 0 Å². The largest absolute Gasteiger partial charge is 0.368 e. The molecule has 0 spiro atoms. The van der Waals surface area contributed by atoms with Crippen molar-refractivity contribution in [2.45, 2.75) is 18.9 Å². The van der Waals surface area contributed by atoms with Gasteiger partial charge in [0.15, 0.2) is 5.82 Å². The van der Waals surface area contributed by atoms with Gasteiger partial charge in [0, 0.05) is 24.5 Å². The molecule has 0 aliphatic carbocycles. The van der Waals surface area contributed by atoms with Gasteiger partial charge in [-0.2, -0.15) is 5.10 Å². The Labute approximate surface area is 180 Å². The Morgan fingerprint density at radius 2 is 1.87 bits per heavy atom. The zero-order valence-electron chi connectivity index (χ0n) is 17.1. The Morgan fingerprint density at radius 3 is 2.77 bits per heavy atom. The molecule has 0 bridgehead atoms. The van der Waals surface area contributed by atoms with Crippen molar-refractivity contribution in [3.8, 4) is 5.82 Å². The first-order valence-corrected chi connectivity index (χ1v) is 10.5. The molecule has 3 N–H and O–H groups in total. The van der Waals surface area contributed by atoms with Gasteiger partial charge in [-0.05, 0) is 43.2 Å². The Hall–Kier alpha value is -3.71. The Morgan fingerprint density at radius 1 is 1.03 bits per heavy atom. The van der Waals surface area contributed by atoms with Crippen LogP contribution in [0.5, 0.6) is 0 Å². The van der Waals surface area contributed by atoms with E-state index in [0.29, 0.717) is 11.5 Å². The third-order valence-corrected chi connectivity index (χ3v) is 5.61. The number of carbonyl (C=O) groups is 1. The molecule has 0 saturated carbocycles. The first-order valence-electron chi connectivity index (χ1n) is 10.5. The van der Waals surface area contributed by atoms with Crippen molar-refractivity contribution in [3.63, 3.8) is 0 Å². The molecular formula is C24H24N6O. The molecule has 1 saturated heterocycles. The maximum Gasteiger partial charge on any atom is 0.274 e. The molecule has 2 aromatic carbocycles. The third kappa shape index (κ3) is 3.87. The summed E-state index contributed by atoms with van der Waals surface area (Å²) in [6.07, 6.45) is 3.87. The van der Waals surface area contributed by atoms with Crippen LogP contribution in [-0.4, -0.2) is 39.8 Å². The minimum Gasteiger partial charge on any atom is -0.368 e. The van der Waals surface area contributed by atoms with Gasteiger partial charge in [-0.15, -0.1) is 0 Å². The van der Waals surface area contributed by atoms with E-state index < -0.39 is 0 Å². The van der Waals surface area contributed by atoms with Crippen molar-refractivity contribution in [1.82, 2.24) is 14.8 Å². The van der Waals surface area contributed by atoms with E-state index in [1.54, 1.807) is 16.9 Å². The highest BCUT2D eigenvalue weighted by Crippen LogP contribution is 2.28. The molecule has 1 aliphatic heterocycles. The van der Waals surface area contributed by atoms with Crippen molar-refractivity contribution >= 4 is 28.2 Å². The molecule has 1 atom stereocenters. The number of nitrogens with two attached hydrogens (primary N) is 1. The summed E-state index contributed by atoms with van der Waals surface area (Å²) in [4.78, 5) is 19.9. The van der Waals surface area contributed by atoms with E-state index in [1.807, 2.05) is 60.7 Å². The van der Waals surface area contributed by atoms with E-state index in [1.165, 1.54) is 0 Å². The number of nitrogens with zero attached hydrogens (tertiary/aromatic N) is 4. The number of amides is 1. The molecule has 4 aromatic rings. The minimum absolute atomic E-state index is 0.153. The van der Waals surface area contributed by atoms with Crippen LogP contribution in [0.4, 0.5) is 11.4 Å². The van der Waals surface area contributed by atoms with Gasteiger partial charge in [-0.1, -0.05) is 36.4 Å². The van der Waals surface area contributed by atoms with Gasteiger partial charge in [0.2, 0.25) is 0 Å². The summed E-state index contributed by atoms with van der Waals surface area (Å²) in [5, 5.41) is 8.49. The third-order valence-electron chi connectivity index (χ3n) is 5.61. The van der Waals surface area contributed by atoms with Crippen LogP contribution in [0.2, 0.25) is 0 Å². The van der Waals surface area contributed by atoms with E-state index in [-0.39, 0.29) is 11.9 Å². The number of benzene rings is 2. The SMILES string of the molecule is N[C@H]1CCCN(c2ccccc2NC(=O)c2cccc(-n3ncc4ccccc43)n2)C1. The van der Waals surface area contributed by atoms with Gasteiger partial charge >= 0.3 is 0 Å². The second kappa shape index (κ2) is 8.20. The lowest BCUT2D eigenvalue weighted by Crippen LogP contribution is -2.43. The number of hydrogen-bond donors (Lipinski definition) is 2. The number of anilines is 2.